The van der Waals surface area contributed by atoms with Crippen LogP contribution in [0.25, 0.3) is 0 Å². The zero-order chi connectivity index (χ0) is 25.1. The highest BCUT2D eigenvalue weighted by Crippen LogP contribution is 2.37. The number of rotatable bonds is 8. The normalized spacial score (nSPS) is 19.1. The van der Waals surface area contributed by atoms with Crippen molar-refractivity contribution in [2.45, 2.75) is 26.3 Å². The van der Waals surface area contributed by atoms with Crippen LogP contribution in [-0.4, -0.2) is 48.7 Å². The third-order valence-corrected chi connectivity index (χ3v) is 6.99. The molecular formula is C30H33FN2O3. The zero-order valence-electron chi connectivity index (χ0n) is 20.9. The molecule has 0 radical (unpaired) electrons. The van der Waals surface area contributed by atoms with Crippen molar-refractivity contribution in [2.75, 3.05) is 33.0 Å². The molecule has 5 nitrogen and oxygen atoms in total. The Kier molecular flexibility index (Phi) is 7.23. The minimum absolute atomic E-state index is 0.0523. The van der Waals surface area contributed by atoms with E-state index in [0.717, 1.165) is 42.3 Å². The van der Waals surface area contributed by atoms with Crippen molar-refractivity contribution in [3.05, 3.63) is 95.3 Å². The van der Waals surface area contributed by atoms with Crippen LogP contribution in [0.4, 0.5) is 4.39 Å². The number of fused-ring (bicyclic) bond motifs is 1. The van der Waals surface area contributed by atoms with Crippen molar-refractivity contribution in [3.8, 4) is 11.5 Å². The number of halogens is 1. The third-order valence-electron chi connectivity index (χ3n) is 6.99. The lowest BCUT2D eigenvalue weighted by Crippen LogP contribution is -2.39. The van der Waals surface area contributed by atoms with Gasteiger partial charge in [0.25, 0.3) is 5.91 Å². The Balaban J connectivity index is 1.38. The molecule has 0 N–H and O–H groups in total. The van der Waals surface area contributed by atoms with Gasteiger partial charge in [-0.15, -0.1) is 0 Å². The number of hydrogen-bond acceptors (Lipinski definition) is 4. The molecule has 1 saturated heterocycles. The van der Waals surface area contributed by atoms with Crippen LogP contribution in [0.2, 0.25) is 0 Å². The van der Waals surface area contributed by atoms with E-state index in [1.165, 1.54) is 6.07 Å². The Morgan fingerprint density at radius 1 is 1.00 bits per heavy atom. The molecule has 0 aliphatic carbocycles. The molecule has 6 heteroatoms. The molecule has 3 aromatic carbocycles. The summed E-state index contributed by atoms with van der Waals surface area (Å²) in [5.74, 6) is 2.05. The van der Waals surface area contributed by atoms with Crippen molar-refractivity contribution < 1.29 is 18.7 Å². The highest BCUT2D eigenvalue weighted by molar-refractivity contribution is 5.94. The van der Waals surface area contributed by atoms with Gasteiger partial charge in [-0.05, 0) is 59.4 Å². The molecule has 1 fully saturated rings. The van der Waals surface area contributed by atoms with Gasteiger partial charge in [0.2, 0.25) is 6.79 Å². The lowest BCUT2D eigenvalue weighted by Gasteiger charge is -2.30. The standard InChI is InChI=1S/C30H33FN2O3/c1-21(2)15-33(30(34)23-7-4-3-5-8-23)18-25-17-32(19-27(25)24-9-6-10-26(31)14-24)16-22-11-12-28-29(13-22)36-20-35-28/h3-14,21,25,27H,15-20H2,1-2H3. The number of amides is 1. The van der Waals surface area contributed by atoms with Crippen molar-refractivity contribution in [1.82, 2.24) is 9.80 Å². The summed E-state index contributed by atoms with van der Waals surface area (Å²) in [6, 6.07) is 22.5. The maximum absolute atomic E-state index is 14.2. The van der Waals surface area contributed by atoms with E-state index in [1.807, 2.05) is 53.4 Å². The SMILES string of the molecule is CC(C)CN(CC1CN(Cc2ccc3c(c2)OCO3)CC1c1cccc(F)c1)C(=O)c1ccccc1. The number of nitrogens with zero attached hydrogens (tertiary/aromatic N) is 2. The molecule has 2 unspecified atom stereocenters. The molecule has 1 amide bonds. The first kappa shape index (κ1) is 24.3. The third kappa shape index (κ3) is 5.54. The largest absolute Gasteiger partial charge is 0.454 e. The van der Waals surface area contributed by atoms with E-state index >= 15 is 0 Å². The van der Waals surface area contributed by atoms with Crippen molar-refractivity contribution in [1.29, 1.82) is 0 Å². The summed E-state index contributed by atoms with van der Waals surface area (Å²) in [5, 5.41) is 0. The van der Waals surface area contributed by atoms with Crippen LogP contribution in [0.1, 0.15) is 41.3 Å². The van der Waals surface area contributed by atoms with Gasteiger partial charge < -0.3 is 14.4 Å². The van der Waals surface area contributed by atoms with Gasteiger partial charge in [-0.3, -0.25) is 9.69 Å². The first-order chi connectivity index (χ1) is 17.5. The molecule has 2 aliphatic heterocycles. The molecule has 3 aromatic rings. The Morgan fingerprint density at radius 3 is 2.58 bits per heavy atom. The number of hydrogen-bond donors (Lipinski definition) is 0. The summed E-state index contributed by atoms with van der Waals surface area (Å²) in [4.78, 5) is 17.9. The van der Waals surface area contributed by atoms with Gasteiger partial charge in [-0.1, -0.05) is 50.2 Å². The van der Waals surface area contributed by atoms with E-state index in [2.05, 4.69) is 24.8 Å². The lowest BCUT2D eigenvalue weighted by molar-refractivity contribution is 0.0703. The van der Waals surface area contributed by atoms with Crippen molar-refractivity contribution >= 4 is 5.91 Å². The molecule has 0 spiro atoms. The number of carbonyl (C=O) groups excluding carboxylic acids is 1. The van der Waals surface area contributed by atoms with E-state index in [4.69, 9.17) is 9.47 Å². The first-order valence-corrected chi connectivity index (χ1v) is 12.7. The second-order valence-electron chi connectivity index (χ2n) is 10.3. The van der Waals surface area contributed by atoms with Crippen LogP contribution >= 0.6 is 0 Å². The topological polar surface area (TPSA) is 42.0 Å². The van der Waals surface area contributed by atoms with Crippen LogP contribution in [0, 0.1) is 17.7 Å². The monoisotopic (exact) mass is 488 g/mol. The Morgan fingerprint density at radius 2 is 1.81 bits per heavy atom. The Bertz CT molecular complexity index is 1200. The van der Waals surface area contributed by atoms with Crippen LogP contribution in [0.15, 0.2) is 72.8 Å². The fraction of sp³-hybridized carbons (Fsp3) is 0.367. The van der Waals surface area contributed by atoms with Crippen LogP contribution in [-0.2, 0) is 6.54 Å². The second-order valence-corrected chi connectivity index (χ2v) is 10.3. The van der Waals surface area contributed by atoms with Crippen LogP contribution in [0.5, 0.6) is 11.5 Å². The summed E-state index contributed by atoms with van der Waals surface area (Å²) in [6.45, 7) is 8.23. The molecule has 0 bridgehead atoms. The molecule has 2 atom stereocenters. The highest BCUT2D eigenvalue weighted by Gasteiger charge is 2.36. The van der Waals surface area contributed by atoms with Crippen LogP contribution < -0.4 is 9.47 Å². The summed E-state index contributed by atoms with van der Waals surface area (Å²) in [6.07, 6.45) is 0. The van der Waals surface area contributed by atoms with E-state index in [1.54, 1.807) is 12.1 Å². The quantitative estimate of drug-likeness (QED) is 0.416. The smallest absolute Gasteiger partial charge is 0.253 e. The van der Waals surface area contributed by atoms with E-state index in [0.29, 0.717) is 24.6 Å². The molecule has 2 aliphatic rings. The van der Waals surface area contributed by atoms with Gasteiger partial charge in [0.1, 0.15) is 5.82 Å². The molecule has 2 heterocycles. The van der Waals surface area contributed by atoms with Gasteiger partial charge in [-0.25, -0.2) is 4.39 Å². The fourth-order valence-corrected chi connectivity index (χ4v) is 5.41. The molecular weight excluding hydrogens is 455 g/mol. The predicted octanol–water partition coefficient (Wildman–Crippen LogP) is 5.57. The van der Waals surface area contributed by atoms with Gasteiger partial charge in [-0.2, -0.15) is 0 Å². The average molecular weight is 489 g/mol. The van der Waals surface area contributed by atoms with E-state index < -0.39 is 0 Å². The summed E-state index contributed by atoms with van der Waals surface area (Å²) in [5.41, 5.74) is 2.85. The van der Waals surface area contributed by atoms with Crippen molar-refractivity contribution in [3.63, 3.8) is 0 Å². The molecule has 0 saturated carbocycles. The minimum Gasteiger partial charge on any atom is -0.454 e. The molecule has 5 rings (SSSR count). The van der Waals surface area contributed by atoms with Gasteiger partial charge in [0, 0.05) is 44.2 Å². The molecule has 188 valence electrons. The predicted molar refractivity (Wildman–Crippen MR) is 138 cm³/mol. The summed E-state index contributed by atoms with van der Waals surface area (Å²) >= 11 is 0. The van der Waals surface area contributed by atoms with Gasteiger partial charge in [0.05, 0.1) is 0 Å². The lowest BCUT2D eigenvalue weighted by atomic mass is 9.88. The van der Waals surface area contributed by atoms with E-state index in [-0.39, 0.29) is 30.4 Å². The highest BCUT2D eigenvalue weighted by atomic mass is 19.1. The Hall–Kier alpha value is -3.38. The maximum atomic E-state index is 14.2. The first-order valence-electron chi connectivity index (χ1n) is 12.7. The van der Waals surface area contributed by atoms with E-state index in [9.17, 15) is 9.18 Å². The molecule has 0 aromatic heterocycles. The van der Waals surface area contributed by atoms with Crippen LogP contribution in [0.3, 0.4) is 0 Å². The molecule has 36 heavy (non-hydrogen) atoms. The van der Waals surface area contributed by atoms with Gasteiger partial charge in [0.15, 0.2) is 11.5 Å². The van der Waals surface area contributed by atoms with Crippen molar-refractivity contribution in [2.24, 2.45) is 11.8 Å². The number of benzene rings is 3. The minimum atomic E-state index is -0.222. The zero-order valence-corrected chi connectivity index (χ0v) is 20.9. The number of carbonyl (C=O) groups is 1. The fourth-order valence-electron chi connectivity index (χ4n) is 5.41. The number of ether oxygens (including phenoxy) is 2. The summed E-state index contributed by atoms with van der Waals surface area (Å²) < 4.78 is 25.2. The number of likely N-dealkylation sites (tertiary alicyclic amines) is 1. The Labute approximate surface area is 212 Å². The summed E-state index contributed by atoms with van der Waals surface area (Å²) in [7, 11) is 0. The second kappa shape index (κ2) is 10.7. The average Bonchev–Trinajstić information content (AvgIpc) is 3.50. The van der Waals surface area contributed by atoms with Gasteiger partial charge >= 0.3 is 0 Å². The maximum Gasteiger partial charge on any atom is 0.253 e.